The van der Waals surface area contributed by atoms with Crippen LogP contribution in [0.3, 0.4) is 0 Å². The van der Waals surface area contributed by atoms with Gasteiger partial charge in [-0.25, -0.2) is 17.5 Å². The summed E-state index contributed by atoms with van der Waals surface area (Å²) in [5.41, 5.74) is 0.374. The molecule has 0 aliphatic heterocycles. The Morgan fingerprint density at radius 1 is 1.45 bits per heavy atom. The lowest BCUT2D eigenvalue weighted by molar-refractivity contribution is -0.141. The highest BCUT2D eigenvalue weighted by Gasteiger charge is 2.16. The molecule has 1 rings (SSSR count). The monoisotopic (exact) mass is 303 g/mol. The van der Waals surface area contributed by atoms with Crippen molar-refractivity contribution in [3.63, 3.8) is 0 Å². The normalized spacial score (nSPS) is 13.2. The van der Waals surface area contributed by atoms with Gasteiger partial charge in [0.1, 0.15) is 5.82 Å². The minimum absolute atomic E-state index is 0.120. The van der Waals surface area contributed by atoms with Gasteiger partial charge < -0.3 is 5.11 Å². The van der Waals surface area contributed by atoms with Gasteiger partial charge in [-0.2, -0.15) is 0 Å². The van der Waals surface area contributed by atoms with E-state index in [1.54, 1.807) is 13.8 Å². The molecule has 1 unspecified atom stereocenters. The number of hydrogen-bond acceptors (Lipinski definition) is 3. The molecule has 1 atom stereocenters. The van der Waals surface area contributed by atoms with Gasteiger partial charge in [-0.3, -0.25) is 4.79 Å². The van der Waals surface area contributed by atoms with Crippen molar-refractivity contribution in [3.05, 3.63) is 29.6 Å². The number of aryl methyl sites for hydroxylation is 1. The molecule has 0 saturated carbocycles. The van der Waals surface area contributed by atoms with E-state index in [1.807, 2.05) is 0 Å². The summed E-state index contributed by atoms with van der Waals surface area (Å²) in [6.07, 6.45) is 0.779. The van der Waals surface area contributed by atoms with E-state index in [0.29, 0.717) is 18.4 Å². The molecule has 0 aromatic heterocycles. The van der Waals surface area contributed by atoms with Gasteiger partial charge in [0, 0.05) is 6.54 Å². The van der Waals surface area contributed by atoms with Crippen molar-refractivity contribution in [2.24, 2.45) is 5.92 Å². The van der Waals surface area contributed by atoms with E-state index >= 15 is 0 Å². The maximum absolute atomic E-state index is 13.3. The van der Waals surface area contributed by atoms with Gasteiger partial charge in [-0.05, 0) is 37.5 Å². The number of halogens is 1. The highest BCUT2D eigenvalue weighted by atomic mass is 32.2. The van der Waals surface area contributed by atoms with Crippen LogP contribution in [0.15, 0.2) is 23.1 Å². The van der Waals surface area contributed by atoms with Crippen molar-refractivity contribution in [2.75, 3.05) is 6.54 Å². The molecule has 0 radical (unpaired) electrons. The first kappa shape index (κ1) is 16.6. The Balaban J connectivity index is 2.58. The molecular formula is C13H18FNO4S. The zero-order valence-electron chi connectivity index (χ0n) is 11.4. The molecule has 1 aromatic carbocycles. The second kappa shape index (κ2) is 6.81. The lowest BCUT2D eigenvalue weighted by Gasteiger charge is -2.09. The van der Waals surface area contributed by atoms with Crippen molar-refractivity contribution in [2.45, 2.75) is 31.6 Å². The van der Waals surface area contributed by atoms with Gasteiger partial charge in [-0.15, -0.1) is 0 Å². The third-order valence-corrected chi connectivity index (χ3v) is 4.44. The number of nitrogens with one attached hydrogen (secondary N) is 1. The van der Waals surface area contributed by atoms with Crippen LogP contribution in [0.25, 0.3) is 0 Å². The molecule has 0 saturated heterocycles. The first-order chi connectivity index (χ1) is 9.24. The molecule has 112 valence electrons. The number of sulfonamides is 1. The van der Waals surface area contributed by atoms with Crippen LogP contribution in [0.2, 0.25) is 0 Å². The second-order valence-electron chi connectivity index (χ2n) is 4.69. The van der Waals surface area contributed by atoms with E-state index in [4.69, 9.17) is 5.11 Å². The summed E-state index contributed by atoms with van der Waals surface area (Å²) < 4.78 is 39.4. The Bertz CT molecular complexity index is 586. The van der Waals surface area contributed by atoms with Crippen LogP contribution in [0.1, 0.15) is 25.3 Å². The summed E-state index contributed by atoms with van der Waals surface area (Å²) in [6, 6.07) is 3.70. The van der Waals surface area contributed by atoms with Gasteiger partial charge in [0.15, 0.2) is 0 Å². The fourth-order valence-corrected chi connectivity index (χ4v) is 2.65. The molecule has 0 aliphatic carbocycles. The van der Waals surface area contributed by atoms with Crippen LogP contribution >= 0.6 is 0 Å². The van der Waals surface area contributed by atoms with Crippen LogP contribution < -0.4 is 4.72 Å². The van der Waals surface area contributed by atoms with Gasteiger partial charge in [0.2, 0.25) is 10.0 Å². The number of carbonyl (C=O) groups is 1. The Morgan fingerprint density at radius 2 is 2.10 bits per heavy atom. The first-order valence-electron chi connectivity index (χ1n) is 6.22. The zero-order valence-corrected chi connectivity index (χ0v) is 12.2. The number of carboxylic acid groups (broad SMARTS) is 1. The predicted molar refractivity (Wildman–Crippen MR) is 72.4 cm³/mol. The van der Waals surface area contributed by atoms with Crippen molar-refractivity contribution in [1.82, 2.24) is 4.72 Å². The van der Waals surface area contributed by atoms with E-state index in [2.05, 4.69) is 4.72 Å². The van der Waals surface area contributed by atoms with E-state index in [-0.39, 0.29) is 11.4 Å². The van der Waals surface area contributed by atoms with Crippen LogP contribution in [0.4, 0.5) is 4.39 Å². The van der Waals surface area contributed by atoms with Gasteiger partial charge in [0.05, 0.1) is 10.8 Å². The number of benzene rings is 1. The summed E-state index contributed by atoms with van der Waals surface area (Å²) in [4.78, 5) is 10.5. The molecule has 2 N–H and O–H groups in total. The summed E-state index contributed by atoms with van der Waals surface area (Å²) >= 11 is 0. The van der Waals surface area contributed by atoms with Crippen molar-refractivity contribution in [1.29, 1.82) is 0 Å². The third kappa shape index (κ3) is 4.57. The lowest BCUT2D eigenvalue weighted by atomic mass is 10.1. The zero-order chi connectivity index (χ0) is 15.3. The van der Waals surface area contributed by atoms with E-state index in [9.17, 15) is 17.6 Å². The summed E-state index contributed by atoms with van der Waals surface area (Å²) in [7, 11) is -3.76. The number of aliphatic carboxylic acids is 1. The number of rotatable bonds is 7. The molecule has 1 aromatic rings. The minimum Gasteiger partial charge on any atom is -0.481 e. The average molecular weight is 303 g/mol. The second-order valence-corrected chi connectivity index (χ2v) is 6.46. The molecule has 20 heavy (non-hydrogen) atoms. The van der Waals surface area contributed by atoms with Gasteiger partial charge in [-0.1, -0.05) is 13.0 Å². The molecule has 0 spiro atoms. The maximum atomic E-state index is 13.3. The quantitative estimate of drug-likeness (QED) is 0.754. The fourth-order valence-electron chi connectivity index (χ4n) is 1.56. The molecule has 7 heteroatoms. The van der Waals surface area contributed by atoms with Gasteiger partial charge in [0.25, 0.3) is 0 Å². The SMILES string of the molecule is Cc1ccc(S(=O)(=O)NCCCC(C)C(=O)O)cc1F. The number of hydrogen-bond donors (Lipinski definition) is 2. The molecule has 0 bridgehead atoms. The van der Waals surface area contributed by atoms with E-state index < -0.39 is 27.7 Å². The predicted octanol–water partition coefficient (Wildman–Crippen LogP) is 1.91. The molecule has 0 amide bonds. The summed E-state index contributed by atoms with van der Waals surface area (Å²) in [6.45, 7) is 3.23. The molecule has 0 aliphatic rings. The summed E-state index contributed by atoms with van der Waals surface area (Å²) in [5, 5.41) is 8.70. The Hall–Kier alpha value is -1.47. The lowest BCUT2D eigenvalue weighted by Crippen LogP contribution is -2.25. The Labute approximate surface area is 117 Å². The number of carboxylic acids is 1. The van der Waals surface area contributed by atoms with Crippen molar-refractivity contribution < 1.29 is 22.7 Å². The third-order valence-electron chi connectivity index (χ3n) is 2.98. The minimum atomic E-state index is -3.76. The Morgan fingerprint density at radius 3 is 2.65 bits per heavy atom. The van der Waals surface area contributed by atoms with Crippen molar-refractivity contribution in [3.8, 4) is 0 Å². The standard InChI is InChI=1S/C13H18FNO4S/c1-9-5-6-11(8-12(9)14)20(18,19)15-7-3-4-10(2)13(16)17/h5-6,8,10,15H,3-4,7H2,1-2H3,(H,16,17). The van der Waals surface area contributed by atoms with Crippen LogP contribution in [-0.4, -0.2) is 26.0 Å². The van der Waals surface area contributed by atoms with Gasteiger partial charge >= 0.3 is 5.97 Å². The molecular weight excluding hydrogens is 285 g/mol. The fraction of sp³-hybridized carbons (Fsp3) is 0.462. The van der Waals surface area contributed by atoms with E-state index in [1.165, 1.54) is 12.1 Å². The van der Waals surface area contributed by atoms with Crippen molar-refractivity contribution >= 4 is 16.0 Å². The summed E-state index contributed by atoms with van der Waals surface area (Å²) in [5.74, 6) is -2.00. The highest BCUT2D eigenvalue weighted by Crippen LogP contribution is 2.14. The topological polar surface area (TPSA) is 83.5 Å². The Kier molecular flexibility index (Phi) is 5.64. The first-order valence-corrected chi connectivity index (χ1v) is 7.71. The highest BCUT2D eigenvalue weighted by molar-refractivity contribution is 7.89. The molecule has 0 heterocycles. The molecule has 0 fully saturated rings. The average Bonchev–Trinajstić information content (AvgIpc) is 2.37. The molecule has 5 nitrogen and oxygen atoms in total. The van der Waals surface area contributed by atoms with Crippen LogP contribution in [0.5, 0.6) is 0 Å². The van der Waals surface area contributed by atoms with E-state index in [0.717, 1.165) is 6.07 Å². The smallest absolute Gasteiger partial charge is 0.306 e. The van der Waals surface area contributed by atoms with Crippen LogP contribution in [0, 0.1) is 18.7 Å². The van der Waals surface area contributed by atoms with Crippen LogP contribution in [-0.2, 0) is 14.8 Å². The maximum Gasteiger partial charge on any atom is 0.306 e. The largest absolute Gasteiger partial charge is 0.481 e.